The summed E-state index contributed by atoms with van der Waals surface area (Å²) in [7, 11) is 1.43. The molecular weight excluding hydrogens is 296 g/mol. The van der Waals surface area contributed by atoms with Crippen LogP contribution in [0.5, 0.6) is 11.5 Å². The lowest BCUT2D eigenvalue weighted by Crippen LogP contribution is -2.18. The van der Waals surface area contributed by atoms with Gasteiger partial charge in [0.1, 0.15) is 0 Å². The van der Waals surface area contributed by atoms with Crippen molar-refractivity contribution >= 4 is 11.3 Å². The molecule has 1 atom stereocenters. The van der Waals surface area contributed by atoms with Crippen molar-refractivity contribution < 1.29 is 18.3 Å². The van der Waals surface area contributed by atoms with Gasteiger partial charge in [0.25, 0.3) is 0 Å². The number of rotatable bonds is 7. The van der Waals surface area contributed by atoms with Crippen LogP contribution in [0.3, 0.4) is 0 Å². The first-order chi connectivity index (χ1) is 10.1. The molecule has 0 bridgehead atoms. The number of benzene rings is 1. The fraction of sp³-hybridized carbons (Fsp3) is 0.333. The number of halogens is 2. The molecule has 0 saturated carbocycles. The van der Waals surface area contributed by atoms with Gasteiger partial charge in [0.2, 0.25) is 0 Å². The SMILES string of the molecule is COc1cccc(CNC(C)c2ccsc2)c1OC(F)F. The molecule has 0 saturated heterocycles. The summed E-state index contributed by atoms with van der Waals surface area (Å²) in [6, 6.07) is 7.26. The molecule has 2 rings (SSSR count). The molecule has 114 valence electrons. The van der Waals surface area contributed by atoms with E-state index >= 15 is 0 Å². The van der Waals surface area contributed by atoms with Crippen LogP contribution >= 0.6 is 11.3 Å². The lowest BCUT2D eigenvalue weighted by Gasteiger charge is -2.17. The van der Waals surface area contributed by atoms with E-state index in [2.05, 4.69) is 15.4 Å². The van der Waals surface area contributed by atoms with E-state index in [1.165, 1.54) is 12.7 Å². The van der Waals surface area contributed by atoms with Gasteiger partial charge in [0.15, 0.2) is 11.5 Å². The van der Waals surface area contributed by atoms with E-state index in [9.17, 15) is 8.78 Å². The van der Waals surface area contributed by atoms with Crippen LogP contribution in [0.25, 0.3) is 0 Å². The Hall–Kier alpha value is -1.66. The number of hydrogen-bond acceptors (Lipinski definition) is 4. The Morgan fingerprint density at radius 3 is 2.71 bits per heavy atom. The first-order valence-electron chi connectivity index (χ1n) is 6.48. The Morgan fingerprint density at radius 2 is 2.10 bits per heavy atom. The van der Waals surface area contributed by atoms with Crippen LogP contribution in [0.1, 0.15) is 24.1 Å². The molecule has 1 heterocycles. The summed E-state index contributed by atoms with van der Waals surface area (Å²) in [6.45, 7) is -0.444. The minimum Gasteiger partial charge on any atom is -0.493 e. The Labute approximate surface area is 126 Å². The zero-order chi connectivity index (χ0) is 15.2. The van der Waals surface area contributed by atoms with E-state index in [0.29, 0.717) is 17.9 Å². The summed E-state index contributed by atoms with van der Waals surface area (Å²) < 4.78 is 34.8. The molecule has 0 aliphatic heterocycles. The van der Waals surface area contributed by atoms with Gasteiger partial charge >= 0.3 is 6.61 Å². The molecule has 2 aromatic rings. The van der Waals surface area contributed by atoms with Gasteiger partial charge < -0.3 is 14.8 Å². The summed E-state index contributed by atoms with van der Waals surface area (Å²) in [4.78, 5) is 0. The molecule has 0 spiro atoms. The summed E-state index contributed by atoms with van der Waals surface area (Å²) in [5.74, 6) is 0.387. The van der Waals surface area contributed by atoms with E-state index in [-0.39, 0.29) is 11.8 Å². The summed E-state index contributed by atoms with van der Waals surface area (Å²) >= 11 is 1.62. The van der Waals surface area contributed by atoms with E-state index in [1.807, 2.05) is 18.4 Å². The minimum absolute atomic E-state index is 0.0834. The number of methoxy groups -OCH3 is 1. The summed E-state index contributed by atoms with van der Waals surface area (Å²) in [5, 5.41) is 7.35. The fourth-order valence-corrected chi connectivity index (χ4v) is 2.74. The maximum atomic E-state index is 12.5. The topological polar surface area (TPSA) is 30.5 Å². The number of alkyl halides is 2. The second-order valence-corrected chi connectivity index (χ2v) is 5.27. The van der Waals surface area contributed by atoms with Gasteiger partial charge in [-0.15, -0.1) is 0 Å². The van der Waals surface area contributed by atoms with Gasteiger partial charge in [-0.2, -0.15) is 20.1 Å². The van der Waals surface area contributed by atoms with Crippen molar-refractivity contribution in [2.75, 3.05) is 7.11 Å². The maximum Gasteiger partial charge on any atom is 0.387 e. The molecule has 1 unspecified atom stereocenters. The van der Waals surface area contributed by atoms with Crippen LogP contribution in [0, 0.1) is 0 Å². The Bertz CT molecular complexity index is 561. The van der Waals surface area contributed by atoms with Crippen LogP contribution in [-0.4, -0.2) is 13.7 Å². The van der Waals surface area contributed by atoms with Crippen molar-refractivity contribution in [2.24, 2.45) is 0 Å². The molecule has 0 aliphatic rings. The van der Waals surface area contributed by atoms with Crippen molar-refractivity contribution in [3.05, 3.63) is 46.2 Å². The zero-order valence-electron chi connectivity index (χ0n) is 11.8. The second-order valence-electron chi connectivity index (χ2n) is 4.49. The lowest BCUT2D eigenvalue weighted by atomic mass is 10.1. The molecule has 0 radical (unpaired) electrons. The molecule has 6 heteroatoms. The lowest BCUT2D eigenvalue weighted by molar-refractivity contribution is -0.0518. The van der Waals surface area contributed by atoms with Crippen molar-refractivity contribution in [3.63, 3.8) is 0 Å². The fourth-order valence-electron chi connectivity index (χ4n) is 1.99. The third kappa shape index (κ3) is 4.15. The smallest absolute Gasteiger partial charge is 0.387 e. The first-order valence-corrected chi connectivity index (χ1v) is 7.42. The van der Waals surface area contributed by atoms with E-state index in [1.54, 1.807) is 29.5 Å². The van der Waals surface area contributed by atoms with E-state index in [4.69, 9.17) is 4.74 Å². The van der Waals surface area contributed by atoms with Crippen LogP contribution in [0.4, 0.5) is 8.78 Å². The predicted octanol–water partition coefficient (Wildman–Crippen LogP) is 4.21. The third-order valence-electron chi connectivity index (χ3n) is 3.13. The first kappa shape index (κ1) is 15.7. The summed E-state index contributed by atoms with van der Waals surface area (Å²) in [6.07, 6.45) is 0. The highest BCUT2D eigenvalue weighted by Gasteiger charge is 2.16. The molecule has 0 amide bonds. The molecule has 3 nitrogen and oxygen atoms in total. The molecule has 21 heavy (non-hydrogen) atoms. The van der Waals surface area contributed by atoms with Crippen LogP contribution < -0.4 is 14.8 Å². The van der Waals surface area contributed by atoms with Crippen LogP contribution in [0.15, 0.2) is 35.0 Å². The third-order valence-corrected chi connectivity index (χ3v) is 3.83. The highest BCUT2D eigenvalue weighted by molar-refractivity contribution is 7.07. The Kier molecular flexibility index (Phi) is 5.52. The molecule has 1 N–H and O–H groups in total. The highest BCUT2D eigenvalue weighted by atomic mass is 32.1. The molecular formula is C15H17F2NO2S. The van der Waals surface area contributed by atoms with Gasteiger partial charge in [0.05, 0.1) is 7.11 Å². The Balaban J connectivity index is 2.11. The van der Waals surface area contributed by atoms with Crippen molar-refractivity contribution in [1.82, 2.24) is 5.32 Å². The van der Waals surface area contributed by atoms with Gasteiger partial charge in [-0.1, -0.05) is 12.1 Å². The number of hydrogen-bond donors (Lipinski definition) is 1. The average molecular weight is 313 g/mol. The minimum atomic E-state index is -2.88. The predicted molar refractivity (Wildman–Crippen MR) is 79.2 cm³/mol. The van der Waals surface area contributed by atoms with Crippen molar-refractivity contribution in [3.8, 4) is 11.5 Å². The second kappa shape index (κ2) is 7.38. The maximum absolute atomic E-state index is 12.5. The van der Waals surface area contributed by atoms with Gasteiger partial charge in [0, 0.05) is 18.2 Å². The van der Waals surface area contributed by atoms with Crippen LogP contribution in [0.2, 0.25) is 0 Å². The largest absolute Gasteiger partial charge is 0.493 e. The summed E-state index contributed by atoms with van der Waals surface area (Å²) in [5.41, 5.74) is 1.80. The zero-order valence-corrected chi connectivity index (χ0v) is 12.6. The standard InChI is InChI=1S/C15H17F2NO2S/c1-10(12-6-7-21-9-12)18-8-11-4-3-5-13(19-2)14(11)20-15(16)17/h3-7,9-10,15,18H,8H2,1-2H3. The molecule has 0 fully saturated rings. The van der Waals surface area contributed by atoms with Gasteiger partial charge in [-0.25, -0.2) is 0 Å². The number of ether oxygens (including phenoxy) is 2. The van der Waals surface area contributed by atoms with Gasteiger partial charge in [-0.3, -0.25) is 0 Å². The molecule has 1 aromatic heterocycles. The molecule has 0 aliphatic carbocycles. The van der Waals surface area contributed by atoms with Crippen LogP contribution in [-0.2, 0) is 6.54 Å². The Morgan fingerprint density at radius 1 is 1.29 bits per heavy atom. The van der Waals surface area contributed by atoms with Crippen molar-refractivity contribution in [1.29, 1.82) is 0 Å². The van der Waals surface area contributed by atoms with Gasteiger partial charge in [-0.05, 0) is 35.4 Å². The highest BCUT2D eigenvalue weighted by Crippen LogP contribution is 2.32. The number of para-hydroxylation sites is 1. The normalized spacial score (nSPS) is 12.4. The quantitative estimate of drug-likeness (QED) is 0.830. The number of nitrogens with one attached hydrogen (secondary N) is 1. The van der Waals surface area contributed by atoms with E-state index in [0.717, 1.165) is 0 Å². The van der Waals surface area contributed by atoms with Crippen molar-refractivity contribution in [2.45, 2.75) is 26.1 Å². The molecule has 1 aromatic carbocycles. The van der Waals surface area contributed by atoms with E-state index < -0.39 is 6.61 Å². The monoisotopic (exact) mass is 313 g/mol. The number of thiophene rings is 1. The average Bonchev–Trinajstić information content (AvgIpc) is 2.99.